The fourth-order valence-electron chi connectivity index (χ4n) is 4.84. The van der Waals surface area contributed by atoms with Crippen molar-refractivity contribution in [3.05, 3.63) is 105 Å². The Morgan fingerprint density at radius 2 is 1.31 bits per heavy atom. The molecule has 0 radical (unpaired) electrons. The predicted molar refractivity (Wildman–Crippen MR) is 191 cm³/mol. The number of halogens is 8. The molecular formula is C35H34Cl2F6N6O6. The van der Waals surface area contributed by atoms with Crippen LogP contribution in [0.5, 0.6) is 0 Å². The zero-order chi connectivity index (χ0) is 40.6. The Morgan fingerprint density at radius 3 is 1.71 bits per heavy atom. The highest BCUT2D eigenvalue weighted by Crippen LogP contribution is 2.35. The Hall–Kier alpha value is -4.72. The number of ether oxygens (including phenoxy) is 2. The van der Waals surface area contributed by atoms with E-state index in [0.29, 0.717) is 27.5 Å². The molecule has 0 saturated carbocycles. The first kappa shape index (κ1) is 43.0. The molecule has 55 heavy (non-hydrogen) atoms. The number of amides is 2. The van der Waals surface area contributed by atoms with Crippen LogP contribution < -0.4 is 21.3 Å². The minimum absolute atomic E-state index is 0.0159. The molecule has 2 unspecified atom stereocenters. The molecule has 3 heterocycles. The van der Waals surface area contributed by atoms with Gasteiger partial charge in [-0.1, -0.05) is 35.3 Å². The second-order valence-corrected chi connectivity index (χ2v) is 13.1. The van der Waals surface area contributed by atoms with E-state index in [9.17, 15) is 41.0 Å². The van der Waals surface area contributed by atoms with E-state index in [-0.39, 0.29) is 24.8 Å². The molecular weight excluding hydrogens is 785 g/mol. The second kappa shape index (κ2) is 18.3. The standard InChI is InChI=1S/C19H19ClF3N3O3.C16H15ClF3N3O3/c1-18(2)28-10-13(29-18)8-25-17(27)14-9-24-16(7-15(14)19(21,22)23)26-12-5-3-4-11(20)6-12;17-9-2-1-3-10(4-9)23-14-5-13(16(18,19)20)12(7-21-14)15(26)22-6-11(25)8-24/h3-7,9,13H,8,10H2,1-2H3,(H,24,26)(H,25,27);1-5,7,11,24-25H,6,8H2,(H,21,23)(H,22,26). The first-order valence-electron chi connectivity index (χ1n) is 16.1. The lowest BCUT2D eigenvalue weighted by atomic mass is 10.1. The van der Waals surface area contributed by atoms with Crippen molar-refractivity contribution in [2.24, 2.45) is 0 Å². The number of nitrogens with one attached hydrogen (secondary N) is 4. The van der Waals surface area contributed by atoms with E-state index < -0.39 is 77.6 Å². The summed E-state index contributed by atoms with van der Waals surface area (Å²) in [6, 6.07) is 14.3. The molecule has 1 saturated heterocycles. The van der Waals surface area contributed by atoms with Gasteiger partial charge in [-0.25, -0.2) is 9.97 Å². The summed E-state index contributed by atoms with van der Waals surface area (Å²) in [6.07, 6.45) is -9.58. The number of aliphatic hydroxyl groups excluding tert-OH is 2. The largest absolute Gasteiger partial charge is 0.417 e. The van der Waals surface area contributed by atoms with Gasteiger partial charge >= 0.3 is 12.4 Å². The fraction of sp³-hybridized carbons (Fsp3) is 0.314. The highest BCUT2D eigenvalue weighted by Gasteiger charge is 2.38. The van der Waals surface area contributed by atoms with Gasteiger partial charge in [0.1, 0.15) is 17.7 Å². The van der Waals surface area contributed by atoms with Gasteiger partial charge in [-0.3, -0.25) is 9.59 Å². The summed E-state index contributed by atoms with van der Waals surface area (Å²) >= 11 is 11.7. The quantitative estimate of drug-likeness (QED) is 0.0872. The minimum atomic E-state index is -4.80. The summed E-state index contributed by atoms with van der Waals surface area (Å²) in [7, 11) is 0. The average molecular weight is 820 g/mol. The number of hydrogen-bond acceptors (Lipinski definition) is 10. The monoisotopic (exact) mass is 818 g/mol. The van der Waals surface area contributed by atoms with Gasteiger partial charge in [0.2, 0.25) is 0 Å². The molecule has 2 amide bonds. The summed E-state index contributed by atoms with van der Waals surface area (Å²) in [5, 5.41) is 28.7. The molecule has 12 nitrogen and oxygen atoms in total. The number of carbonyl (C=O) groups is 2. The zero-order valence-electron chi connectivity index (χ0n) is 28.9. The van der Waals surface area contributed by atoms with Crippen molar-refractivity contribution in [1.82, 2.24) is 20.6 Å². The Labute approximate surface area is 320 Å². The Morgan fingerprint density at radius 1 is 0.836 bits per heavy atom. The summed E-state index contributed by atoms with van der Waals surface area (Å²) < 4.78 is 91.4. The van der Waals surface area contributed by atoms with Crippen molar-refractivity contribution >= 4 is 58.0 Å². The Bertz CT molecular complexity index is 1970. The van der Waals surface area contributed by atoms with Crippen molar-refractivity contribution in [1.29, 1.82) is 0 Å². The van der Waals surface area contributed by atoms with Crippen molar-refractivity contribution in [3.8, 4) is 0 Å². The smallest absolute Gasteiger partial charge is 0.394 e. The maximum atomic E-state index is 13.5. The average Bonchev–Trinajstić information content (AvgIpc) is 3.47. The summed E-state index contributed by atoms with van der Waals surface area (Å²) in [5.41, 5.74) is -2.66. The van der Waals surface area contributed by atoms with Crippen LogP contribution in [0, 0.1) is 0 Å². The van der Waals surface area contributed by atoms with E-state index in [1.807, 2.05) is 0 Å². The minimum Gasteiger partial charge on any atom is -0.394 e. The summed E-state index contributed by atoms with van der Waals surface area (Å²) in [5.74, 6) is -2.93. The molecule has 4 aromatic rings. The maximum absolute atomic E-state index is 13.5. The molecule has 0 bridgehead atoms. The number of nitrogens with zero attached hydrogens (tertiary/aromatic N) is 2. The number of aliphatic hydroxyl groups is 2. The maximum Gasteiger partial charge on any atom is 0.417 e. The van der Waals surface area contributed by atoms with Gasteiger partial charge in [-0.15, -0.1) is 0 Å². The molecule has 2 aromatic heterocycles. The third kappa shape index (κ3) is 12.9. The van der Waals surface area contributed by atoms with Gasteiger partial charge in [0.15, 0.2) is 5.79 Å². The molecule has 0 spiro atoms. The molecule has 1 aliphatic heterocycles. The number of carbonyl (C=O) groups excluding carboxylic acids is 2. The van der Waals surface area contributed by atoms with E-state index in [2.05, 4.69) is 31.2 Å². The van der Waals surface area contributed by atoms with Crippen molar-refractivity contribution < 1.29 is 55.6 Å². The van der Waals surface area contributed by atoms with Gasteiger partial charge in [0, 0.05) is 46.9 Å². The van der Waals surface area contributed by atoms with Crippen LogP contribution >= 0.6 is 23.2 Å². The molecule has 0 aliphatic carbocycles. The number of pyridine rings is 2. The van der Waals surface area contributed by atoms with Gasteiger partial charge < -0.3 is 41.0 Å². The van der Waals surface area contributed by atoms with Crippen molar-refractivity contribution in [2.45, 2.75) is 44.2 Å². The second-order valence-electron chi connectivity index (χ2n) is 12.2. The normalized spacial score (nSPS) is 15.7. The SMILES string of the molecule is CC1(C)OCC(CNC(=O)c2cnc(Nc3cccc(Cl)c3)cc2C(F)(F)F)O1.O=C(NCC(O)CO)c1cnc(Nc2cccc(Cl)c2)cc1C(F)(F)F. The number of aromatic nitrogens is 2. The highest BCUT2D eigenvalue weighted by molar-refractivity contribution is 6.31. The number of benzene rings is 2. The first-order valence-corrected chi connectivity index (χ1v) is 16.9. The molecule has 6 N–H and O–H groups in total. The van der Waals surface area contributed by atoms with E-state index in [1.165, 1.54) is 6.07 Å². The third-order valence-corrected chi connectivity index (χ3v) is 7.84. The van der Waals surface area contributed by atoms with Crippen molar-refractivity contribution in [3.63, 3.8) is 0 Å². The van der Waals surface area contributed by atoms with Crippen LogP contribution in [0.1, 0.15) is 45.7 Å². The Kier molecular flexibility index (Phi) is 14.3. The highest BCUT2D eigenvalue weighted by atomic mass is 35.5. The number of anilines is 4. The van der Waals surface area contributed by atoms with Gasteiger partial charge in [0.25, 0.3) is 11.8 Å². The number of hydrogen-bond donors (Lipinski definition) is 6. The number of alkyl halides is 6. The van der Waals surface area contributed by atoms with Crippen LogP contribution in [-0.4, -0.2) is 76.3 Å². The lowest BCUT2D eigenvalue weighted by Crippen LogP contribution is -2.35. The van der Waals surface area contributed by atoms with Crippen LogP contribution in [0.25, 0.3) is 0 Å². The molecule has 2 aromatic carbocycles. The van der Waals surface area contributed by atoms with Crippen LogP contribution in [0.15, 0.2) is 73.1 Å². The van der Waals surface area contributed by atoms with E-state index in [1.54, 1.807) is 56.3 Å². The fourth-order valence-corrected chi connectivity index (χ4v) is 5.22. The van der Waals surface area contributed by atoms with Gasteiger partial charge in [-0.2, -0.15) is 26.3 Å². The van der Waals surface area contributed by atoms with E-state index >= 15 is 0 Å². The topological polar surface area (TPSA) is 167 Å². The van der Waals surface area contributed by atoms with E-state index in [0.717, 1.165) is 18.5 Å². The molecule has 1 aliphatic rings. The van der Waals surface area contributed by atoms with Crippen LogP contribution in [-0.2, 0) is 21.8 Å². The van der Waals surface area contributed by atoms with Gasteiger partial charge in [-0.05, 0) is 62.4 Å². The molecule has 1 fully saturated rings. The Balaban J connectivity index is 0.000000246. The predicted octanol–water partition coefficient (Wildman–Crippen LogP) is 6.96. The van der Waals surface area contributed by atoms with Crippen LogP contribution in [0.2, 0.25) is 10.0 Å². The first-order chi connectivity index (χ1) is 25.7. The summed E-state index contributed by atoms with van der Waals surface area (Å²) in [6.45, 7) is 2.66. The third-order valence-electron chi connectivity index (χ3n) is 7.37. The molecule has 2 atom stereocenters. The van der Waals surface area contributed by atoms with Gasteiger partial charge in [0.05, 0.1) is 41.6 Å². The zero-order valence-corrected chi connectivity index (χ0v) is 30.4. The van der Waals surface area contributed by atoms with Crippen molar-refractivity contribution in [2.75, 3.05) is 36.9 Å². The van der Waals surface area contributed by atoms with Crippen LogP contribution in [0.4, 0.5) is 49.4 Å². The molecule has 296 valence electrons. The number of rotatable bonds is 11. The summed E-state index contributed by atoms with van der Waals surface area (Å²) in [4.78, 5) is 32.1. The van der Waals surface area contributed by atoms with Crippen LogP contribution in [0.3, 0.4) is 0 Å². The lowest BCUT2D eigenvalue weighted by molar-refractivity contribution is -0.138. The molecule has 20 heteroatoms. The lowest BCUT2D eigenvalue weighted by Gasteiger charge is -2.18. The van der Waals surface area contributed by atoms with E-state index in [4.69, 9.17) is 37.8 Å². The molecule has 5 rings (SSSR count).